The van der Waals surface area contributed by atoms with Crippen molar-refractivity contribution in [2.45, 2.75) is 30.3 Å². The Bertz CT molecular complexity index is 1000. The molecule has 2 aromatic carbocycles. The zero-order valence-corrected chi connectivity index (χ0v) is 15.3. The van der Waals surface area contributed by atoms with Crippen LogP contribution in [-0.2, 0) is 16.6 Å². The molecule has 0 radical (unpaired) electrons. The molecule has 0 unspecified atom stereocenters. The third kappa shape index (κ3) is 3.51. The zero-order chi connectivity index (χ0) is 18.1. The standard InChI is InChI=1S/C18H16ClN3O3S/c19-14-8-6-13(7-9-14)18-21-20-17(25-18)12-22(15-10-11-15)26(23,24)16-4-2-1-3-5-16/h1-9,15H,10-12H2. The van der Waals surface area contributed by atoms with E-state index in [0.29, 0.717) is 10.9 Å². The van der Waals surface area contributed by atoms with Crippen molar-refractivity contribution in [3.05, 3.63) is 65.5 Å². The van der Waals surface area contributed by atoms with E-state index in [4.69, 9.17) is 16.0 Å². The largest absolute Gasteiger partial charge is 0.419 e. The number of sulfonamides is 1. The van der Waals surface area contributed by atoms with Crippen LogP contribution in [0.3, 0.4) is 0 Å². The van der Waals surface area contributed by atoms with Gasteiger partial charge < -0.3 is 4.42 Å². The highest BCUT2D eigenvalue weighted by Gasteiger charge is 2.39. The van der Waals surface area contributed by atoms with Gasteiger partial charge in [-0.15, -0.1) is 10.2 Å². The van der Waals surface area contributed by atoms with Gasteiger partial charge in [0.25, 0.3) is 0 Å². The van der Waals surface area contributed by atoms with E-state index in [2.05, 4.69) is 10.2 Å². The van der Waals surface area contributed by atoms with Gasteiger partial charge in [0, 0.05) is 16.6 Å². The Morgan fingerprint density at radius 3 is 2.38 bits per heavy atom. The highest BCUT2D eigenvalue weighted by Crippen LogP contribution is 2.33. The molecule has 1 saturated carbocycles. The lowest BCUT2D eigenvalue weighted by molar-refractivity contribution is 0.351. The van der Waals surface area contributed by atoms with Crippen molar-refractivity contribution in [3.63, 3.8) is 0 Å². The van der Waals surface area contributed by atoms with Crippen LogP contribution in [0.4, 0.5) is 0 Å². The summed E-state index contributed by atoms with van der Waals surface area (Å²) in [6.45, 7) is 0.0580. The van der Waals surface area contributed by atoms with Crippen LogP contribution in [0, 0.1) is 0 Å². The van der Waals surface area contributed by atoms with Gasteiger partial charge in [-0.05, 0) is 49.2 Å². The van der Waals surface area contributed by atoms with Crippen molar-refractivity contribution in [2.75, 3.05) is 0 Å². The van der Waals surface area contributed by atoms with Crippen molar-refractivity contribution in [2.24, 2.45) is 0 Å². The lowest BCUT2D eigenvalue weighted by Gasteiger charge is -2.20. The fourth-order valence-electron chi connectivity index (χ4n) is 2.66. The summed E-state index contributed by atoms with van der Waals surface area (Å²) in [5.41, 5.74) is 0.733. The highest BCUT2D eigenvalue weighted by molar-refractivity contribution is 7.89. The summed E-state index contributed by atoms with van der Waals surface area (Å²) in [6.07, 6.45) is 1.68. The Labute approximate surface area is 156 Å². The summed E-state index contributed by atoms with van der Waals surface area (Å²) in [5, 5.41) is 8.65. The first-order chi connectivity index (χ1) is 12.5. The summed E-state index contributed by atoms with van der Waals surface area (Å²) >= 11 is 5.88. The summed E-state index contributed by atoms with van der Waals surface area (Å²) in [4.78, 5) is 0.268. The Kier molecular flexibility index (Phi) is 4.52. The highest BCUT2D eigenvalue weighted by atomic mass is 35.5. The molecule has 8 heteroatoms. The Balaban J connectivity index is 1.59. The fraction of sp³-hybridized carbons (Fsp3) is 0.222. The number of hydrogen-bond acceptors (Lipinski definition) is 5. The van der Waals surface area contributed by atoms with E-state index < -0.39 is 10.0 Å². The molecule has 0 saturated heterocycles. The molecule has 0 spiro atoms. The van der Waals surface area contributed by atoms with Crippen LogP contribution in [0.25, 0.3) is 11.5 Å². The third-order valence-electron chi connectivity index (χ3n) is 4.15. The van der Waals surface area contributed by atoms with E-state index in [1.54, 1.807) is 54.6 Å². The molecule has 26 heavy (non-hydrogen) atoms. The van der Waals surface area contributed by atoms with Crippen LogP contribution in [0.15, 0.2) is 63.9 Å². The number of aromatic nitrogens is 2. The minimum absolute atomic E-state index is 0.0221. The maximum atomic E-state index is 13.0. The van der Waals surface area contributed by atoms with E-state index in [1.807, 2.05) is 0 Å². The number of nitrogens with zero attached hydrogens (tertiary/aromatic N) is 3. The van der Waals surface area contributed by atoms with Gasteiger partial charge in [0.15, 0.2) is 0 Å². The molecule has 1 fully saturated rings. The van der Waals surface area contributed by atoms with Gasteiger partial charge in [0.1, 0.15) is 0 Å². The average molecular weight is 390 g/mol. The molecule has 3 aromatic rings. The molecule has 134 valence electrons. The first-order valence-corrected chi connectivity index (χ1v) is 10.0. The van der Waals surface area contributed by atoms with Crippen molar-refractivity contribution >= 4 is 21.6 Å². The summed E-state index contributed by atoms with van der Waals surface area (Å²) in [6, 6.07) is 15.4. The van der Waals surface area contributed by atoms with Gasteiger partial charge in [0.05, 0.1) is 11.4 Å². The Morgan fingerprint density at radius 1 is 1.04 bits per heavy atom. The topological polar surface area (TPSA) is 76.3 Å². The number of rotatable bonds is 6. The SMILES string of the molecule is O=S(=O)(c1ccccc1)N(Cc1nnc(-c2ccc(Cl)cc2)o1)C1CC1. The minimum atomic E-state index is -3.61. The van der Waals surface area contributed by atoms with E-state index in [1.165, 1.54) is 4.31 Å². The van der Waals surface area contributed by atoms with E-state index in [9.17, 15) is 8.42 Å². The molecule has 1 aliphatic carbocycles. The molecule has 0 atom stereocenters. The van der Waals surface area contributed by atoms with Crippen LogP contribution >= 0.6 is 11.6 Å². The van der Waals surface area contributed by atoms with E-state index in [-0.39, 0.29) is 23.4 Å². The summed E-state index contributed by atoms with van der Waals surface area (Å²) in [7, 11) is -3.61. The van der Waals surface area contributed by atoms with Crippen molar-refractivity contribution in [3.8, 4) is 11.5 Å². The molecular weight excluding hydrogens is 374 g/mol. The molecule has 1 aliphatic rings. The molecule has 0 aliphatic heterocycles. The van der Waals surface area contributed by atoms with Gasteiger partial charge in [0.2, 0.25) is 21.8 Å². The van der Waals surface area contributed by atoms with Gasteiger partial charge in [-0.25, -0.2) is 8.42 Å². The molecular formula is C18H16ClN3O3S. The quantitative estimate of drug-likeness (QED) is 0.641. The molecule has 4 rings (SSSR count). The van der Waals surface area contributed by atoms with Gasteiger partial charge in [-0.1, -0.05) is 29.8 Å². The van der Waals surface area contributed by atoms with Crippen molar-refractivity contribution in [1.82, 2.24) is 14.5 Å². The van der Waals surface area contributed by atoms with Gasteiger partial charge in [-0.3, -0.25) is 0 Å². The van der Waals surface area contributed by atoms with Crippen LogP contribution < -0.4 is 0 Å². The molecule has 1 heterocycles. The molecule has 1 aromatic heterocycles. The van der Waals surface area contributed by atoms with Crippen LogP contribution in [0.1, 0.15) is 18.7 Å². The van der Waals surface area contributed by atoms with Crippen molar-refractivity contribution in [1.29, 1.82) is 0 Å². The summed E-state index contributed by atoms with van der Waals surface area (Å²) in [5.74, 6) is 0.603. The van der Waals surface area contributed by atoms with Crippen LogP contribution in [0.2, 0.25) is 5.02 Å². The van der Waals surface area contributed by atoms with Crippen LogP contribution in [-0.4, -0.2) is 29.0 Å². The second kappa shape index (κ2) is 6.83. The normalized spacial score (nSPS) is 14.7. The molecule has 0 N–H and O–H groups in total. The second-order valence-corrected chi connectivity index (χ2v) is 8.43. The Morgan fingerprint density at radius 2 is 1.73 bits per heavy atom. The summed E-state index contributed by atoms with van der Waals surface area (Å²) < 4.78 is 33.0. The minimum Gasteiger partial charge on any atom is -0.419 e. The second-order valence-electron chi connectivity index (χ2n) is 6.10. The van der Waals surface area contributed by atoms with Gasteiger partial charge in [-0.2, -0.15) is 4.31 Å². The first kappa shape index (κ1) is 17.2. The van der Waals surface area contributed by atoms with Gasteiger partial charge >= 0.3 is 0 Å². The monoisotopic (exact) mass is 389 g/mol. The number of benzene rings is 2. The molecule has 0 bridgehead atoms. The van der Waals surface area contributed by atoms with E-state index in [0.717, 1.165) is 18.4 Å². The maximum absolute atomic E-state index is 13.0. The number of hydrogen-bond donors (Lipinski definition) is 0. The molecule has 6 nitrogen and oxygen atoms in total. The smallest absolute Gasteiger partial charge is 0.247 e. The maximum Gasteiger partial charge on any atom is 0.247 e. The lowest BCUT2D eigenvalue weighted by atomic mass is 10.2. The predicted molar refractivity (Wildman–Crippen MR) is 96.9 cm³/mol. The van der Waals surface area contributed by atoms with E-state index >= 15 is 0 Å². The molecule has 0 amide bonds. The third-order valence-corrected chi connectivity index (χ3v) is 6.32. The Hall–Kier alpha value is -2.22. The predicted octanol–water partition coefficient (Wildman–Crippen LogP) is 3.74. The van der Waals surface area contributed by atoms with Crippen LogP contribution in [0.5, 0.6) is 0 Å². The zero-order valence-electron chi connectivity index (χ0n) is 13.7. The lowest BCUT2D eigenvalue weighted by Crippen LogP contribution is -2.32. The first-order valence-electron chi connectivity index (χ1n) is 8.19. The van der Waals surface area contributed by atoms with Crippen molar-refractivity contribution < 1.29 is 12.8 Å². The number of halogens is 1. The fourth-order valence-corrected chi connectivity index (χ4v) is 4.44. The average Bonchev–Trinajstić information content (AvgIpc) is 3.38.